The van der Waals surface area contributed by atoms with Gasteiger partial charge in [-0.3, -0.25) is 4.79 Å². The monoisotopic (exact) mass is 226 g/mol. The zero-order valence-corrected chi connectivity index (χ0v) is 10.8. The van der Waals surface area contributed by atoms with E-state index in [4.69, 9.17) is 0 Å². The number of nitrogens with one attached hydrogen (secondary N) is 1. The number of carbonyl (C=O) groups is 1. The highest BCUT2D eigenvalue weighted by atomic mass is 16.2. The Labute approximate surface area is 99.6 Å². The van der Waals surface area contributed by atoms with Gasteiger partial charge in [-0.1, -0.05) is 19.8 Å². The summed E-state index contributed by atoms with van der Waals surface area (Å²) in [5, 5.41) is 3.34. The normalized spacial score (nSPS) is 20.0. The second-order valence-corrected chi connectivity index (χ2v) is 4.92. The molecule has 1 N–H and O–H groups in total. The fourth-order valence-electron chi connectivity index (χ4n) is 2.20. The molecule has 1 atom stereocenters. The molecule has 1 unspecified atom stereocenters. The number of hydrogen-bond acceptors (Lipinski definition) is 2. The summed E-state index contributed by atoms with van der Waals surface area (Å²) in [5.41, 5.74) is 0. The predicted molar refractivity (Wildman–Crippen MR) is 67.4 cm³/mol. The van der Waals surface area contributed by atoms with Crippen LogP contribution < -0.4 is 5.32 Å². The molecule has 1 saturated heterocycles. The number of unbranched alkanes of at least 4 members (excludes halogenated alkanes) is 2. The third-order valence-corrected chi connectivity index (χ3v) is 3.45. The summed E-state index contributed by atoms with van der Waals surface area (Å²) in [6, 6.07) is 0. The zero-order valence-electron chi connectivity index (χ0n) is 10.8. The zero-order chi connectivity index (χ0) is 11.8. The Bertz CT molecular complexity index is 200. The van der Waals surface area contributed by atoms with E-state index in [0.29, 0.717) is 5.91 Å². The van der Waals surface area contributed by atoms with Gasteiger partial charge in [0.1, 0.15) is 0 Å². The second kappa shape index (κ2) is 7.66. The molecular weight excluding hydrogens is 200 g/mol. The van der Waals surface area contributed by atoms with Gasteiger partial charge in [-0.2, -0.15) is 0 Å². The minimum atomic E-state index is 0.322. The molecule has 0 bridgehead atoms. The summed E-state index contributed by atoms with van der Waals surface area (Å²) in [7, 11) is 1.94. The van der Waals surface area contributed by atoms with Crippen molar-refractivity contribution in [2.24, 2.45) is 5.92 Å². The van der Waals surface area contributed by atoms with Gasteiger partial charge in [0.15, 0.2) is 0 Å². The van der Waals surface area contributed by atoms with Gasteiger partial charge in [-0.25, -0.2) is 0 Å². The fourth-order valence-corrected chi connectivity index (χ4v) is 2.20. The highest BCUT2D eigenvalue weighted by molar-refractivity contribution is 5.75. The van der Waals surface area contributed by atoms with Crippen LogP contribution in [0.3, 0.4) is 0 Å². The molecule has 94 valence electrons. The molecule has 0 aromatic carbocycles. The van der Waals surface area contributed by atoms with E-state index in [9.17, 15) is 4.79 Å². The minimum Gasteiger partial charge on any atom is -0.346 e. The quantitative estimate of drug-likeness (QED) is 0.674. The highest BCUT2D eigenvalue weighted by Gasteiger charge is 2.16. The number of amides is 1. The molecule has 1 aliphatic heterocycles. The van der Waals surface area contributed by atoms with Crippen molar-refractivity contribution in [3.63, 3.8) is 0 Å². The molecule has 16 heavy (non-hydrogen) atoms. The van der Waals surface area contributed by atoms with Crippen molar-refractivity contribution in [2.75, 3.05) is 26.7 Å². The van der Waals surface area contributed by atoms with E-state index in [2.05, 4.69) is 12.2 Å². The summed E-state index contributed by atoms with van der Waals surface area (Å²) < 4.78 is 0. The van der Waals surface area contributed by atoms with Crippen LogP contribution in [0.1, 0.15) is 45.4 Å². The predicted octanol–water partition coefficient (Wildman–Crippen LogP) is 2.02. The van der Waals surface area contributed by atoms with Gasteiger partial charge >= 0.3 is 0 Å². The Morgan fingerprint density at radius 3 is 2.88 bits per heavy atom. The Hall–Kier alpha value is -0.570. The van der Waals surface area contributed by atoms with Gasteiger partial charge in [-0.05, 0) is 38.3 Å². The van der Waals surface area contributed by atoms with E-state index in [1.807, 2.05) is 11.9 Å². The van der Waals surface area contributed by atoms with Crippen LogP contribution in [0.2, 0.25) is 0 Å². The summed E-state index contributed by atoms with van der Waals surface area (Å²) in [4.78, 5) is 13.7. The minimum absolute atomic E-state index is 0.322. The molecule has 0 saturated carbocycles. The molecule has 0 aromatic rings. The molecule has 1 aliphatic rings. The fraction of sp³-hybridized carbons (Fsp3) is 0.923. The summed E-state index contributed by atoms with van der Waals surface area (Å²) in [5.74, 6) is 1.05. The smallest absolute Gasteiger partial charge is 0.222 e. The maximum atomic E-state index is 11.8. The second-order valence-electron chi connectivity index (χ2n) is 4.92. The number of nitrogens with zero attached hydrogens (tertiary/aromatic N) is 1. The number of hydrogen-bond donors (Lipinski definition) is 1. The van der Waals surface area contributed by atoms with Gasteiger partial charge in [-0.15, -0.1) is 0 Å². The average molecular weight is 226 g/mol. The van der Waals surface area contributed by atoms with Crippen LogP contribution in [0.4, 0.5) is 0 Å². The highest BCUT2D eigenvalue weighted by Crippen LogP contribution is 2.15. The molecule has 1 rings (SSSR count). The van der Waals surface area contributed by atoms with Crippen molar-refractivity contribution < 1.29 is 4.79 Å². The Kier molecular flexibility index (Phi) is 6.46. The molecule has 0 aliphatic carbocycles. The lowest BCUT2D eigenvalue weighted by molar-refractivity contribution is -0.130. The van der Waals surface area contributed by atoms with Crippen LogP contribution in [0.15, 0.2) is 0 Å². The standard InChI is InChI=1S/C13H26N2O/c1-3-4-5-10-15(2)13(16)7-6-12-8-9-14-11-12/h12,14H,3-11H2,1-2H3. The van der Waals surface area contributed by atoms with Gasteiger partial charge in [0.2, 0.25) is 5.91 Å². The number of rotatable bonds is 7. The Morgan fingerprint density at radius 2 is 2.25 bits per heavy atom. The van der Waals surface area contributed by atoms with Gasteiger partial charge in [0.05, 0.1) is 0 Å². The van der Waals surface area contributed by atoms with Crippen molar-refractivity contribution in [1.82, 2.24) is 10.2 Å². The third kappa shape index (κ3) is 4.97. The topological polar surface area (TPSA) is 32.3 Å². The van der Waals surface area contributed by atoms with Crippen LogP contribution in [0.25, 0.3) is 0 Å². The first kappa shape index (κ1) is 13.5. The van der Waals surface area contributed by atoms with Crippen molar-refractivity contribution in [3.8, 4) is 0 Å². The largest absolute Gasteiger partial charge is 0.346 e. The Balaban J connectivity index is 2.08. The van der Waals surface area contributed by atoms with E-state index in [1.54, 1.807) is 0 Å². The lowest BCUT2D eigenvalue weighted by atomic mass is 10.0. The van der Waals surface area contributed by atoms with Gasteiger partial charge < -0.3 is 10.2 Å². The summed E-state index contributed by atoms with van der Waals surface area (Å²) >= 11 is 0. The first-order chi connectivity index (χ1) is 7.74. The van der Waals surface area contributed by atoms with Gasteiger partial charge in [0.25, 0.3) is 0 Å². The van der Waals surface area contributed by atoms with E-state index in [-0.39, 0.29) is 0 Å². The lowest BCUT2D eigenvalue weighted by Crippen LogP contribution is -2.28. The van der Waals surface area contributed by atoms with E-state index in [1.165, 1.54) is 19.3 Å². The van der Waals surface area contributed by atoms with Crippen molar-refractivity contribution in [2.45, 2.75) is 45.4 Å². The summed E-state index contributed by atoms with van der Waals surface area (Å²) in [6.07, 6.45) is 6.62. The van der Waals surface area contributed by atoms with Crippen molar-refractivity contribution in [1.29, 1.82) is 0 Å². The van der Waals surface area contributed by atoms with Crippen molar-refractivity contribution >= 4 is 5.91 Å². The van der Waals surface area contributed by atoms with Crippen LogP contribution >= 0.6 is 0 Å². The van der Waals surface area contributed by atoms with Crippen LogP contribution in [-0.2, 0) is 4.79 Å². The van der Waals surface area contributed by atoms with E-state index in [0.717, 1.165) is 44.8 Å². The molecular formula is C13H26N2O. The first-order valence-electron chi connectivity index (χ1n) is 6.68. The van der Waals surface area contributed by atoms with Crippen LogP contribution in [0.5, 0.6) is 0 Å². The molecule has 1 heterocycles. The molecule has 0 radical (unpaired) electrons. The van der Waals surface area contributed by atoms with Crippen LogP contribution in [-0.4, -0.2) is 37.5 Å². The third-order valence-electron chi connectivity index (χ3n) is 3.45. The summed E-state index contributed by atoms with van der Waals surface area (Å²) in [6.45, 7) is 5.35. The SMILES string of the molecule is CCCCCN(C)C(=O)CCC1CCNC1. The van der Waals surface area contributed by atoms with Gasteiger partial charge in [0, 0.05) is 20.0 Å². The molecule has 3 heteroatoms. The molecule has 1 amide bonds. The molecule has 1 fully saturated rings. The van der Waals surface area contributed by atoms with E-state index >= 15 is 0 Å². The Morgan fingerprint density at radius 1 is 1.44 bits per heavy atom. The molecule has 3 nitrogen and oxygen atoms in total. The lowest BCUT2D eigenvalue weighted by Gasteiger charge is -2.17. The van der Waals surface area contributed by atoms with E-state index < -0.39 is 0 Å². The first-order valence-corrected chi connectivity index (χ1v) is 6.68. The molecule has 0 spiro atoms. The molecule has 0 aromatic heterocycles. The maximum Gasteiger partial charge on any atom is 0.222 e. The van der Waals surface area contributed by atoms with Crippen molar-refractivity contribution in [3.05, 3.63) is 0 Å². The average Bonchev–Trinajstić information content (AvgIpc) is 2.79. The number of carbonyl (C=O) groups excluding carboxylic acids is 1. The van der Waals surface area contributed by atoms with Crippen LogP contribution in [0, 0.1) is 5.92 Å². The maximum absolute atomic E-state index is 11.8.